The number of hydrogen-bond donors (Lipinski definition) is 3. The molecule has 0 heterocycles. The van der Waals surface area contributed by atoms with Crippen molar-refractivity contribution in [2.24, 2.45) is 0 Å². The smallest absolute Gasteiger partial charge is 0.264 e. The summed E-state index contributed by atoms with van der Waals surface area (Å²) in [5, 5.41) is 20.9. The number of anilines is 1. The van der Waals surface area contributed by atoms with Gasteiger partial charge in [0.1, 0.15) is 0 Å². The van der Waals surface area contributed by atoms with Gasteiger partial charge in [-0.3, -0.25) is 9.10 Å². The van der Waals surface area contributed by atoms with Gasteiger partial charge >= 0.3 is 0 Å². The second-order valence-electron chi connectivity index (χ2n) is 6.90. The molecule has 0 atom stereocenters. The summed E-state index contributed by atoms with van der Waals surface area (Å²) in [6.07, 6.45) is 0. The third kappa shape index (κ3) is 5.49. The van der Waals surface area contributed by atoms with Crippen LogP contribution in [0, 0.1) is 0 Å². The molecule has 0 fully saturated rings. The molecule has 0 aromatic heterocycles. The molecule has 3 N–H and O–H groups in total. The van der Waals surface area contributed by atoms with Gasteiger partial charge in [-0.15, -0.1) is 0 Å². The Labute approximate surface area is 181 Å². The number of aliphatic hydroxyl groups is 2. The van der Waals surface area contributed by atoms with Crippen molar-refractivity contribution in [2.45, 2.75) is 17.5 Å². The first-order chi connectivity index (χ1) is 15.0. The van der Waals surface area contributed by atoms with Crippen LogP contribution in [0.25, 0.3) is 0 Å². The van der Waals surface area contributed by atoms with E-state index in [4.69, 9.17) is 0 Å². The molecule has 0 spiro atoms. The van der Waals surface area contributed by atoms with Crippen molar-refractivity contribution in [3.8, 4) is 0 Å². The maximum absolute atomic E-state index is 13.4. The molecule has 0 aliphatic carbocycles. The van der Waals surface area contributed by atoms with E-state index < -0.39 is 35.2 Å². The maximum Gasteiger partial charge on any atom is 0.264 e. The Bertz CT molecular complexity index is 1100. The van der Waals surface area contributed by atoms with Crippen molar-refractivity contribution in [3.63, 3.8) is 0 Å². The first kappa shape index (κ1) is 22.5. The van der Waals surface area contributed by atoms with Crippen LogP contribution in [0.2, 0.25) is 0 Å². The van der Waals surface area contributed by atoms with Crippen molar-refractivity contribution < 1.29 is 23.4 Å². The van der Waals surface area contributed by atoms with Gasteiger partial charge in [0.25, 0.3) is 15.9 Å². The van der Waals surface area contributed by atoms with Crippen LogP contribution in [0.3, 0.4) is 0 Å². The van der Waals surface area contributed by atoms with Crippen LogP contribution in [0.5, 0.6) is 0 Å². The van der Waals surface area contributed by atoms with Gasteiger partial charge in [-0.2, -0.15) is 0 Å². The van der Waals surface area contributed by atoms with Crippen molar-refractivity contribution in [3.05, 3.63) is 96.1 Å². The lowest BCUT2D eigenvalue weighted by Gasteiger charge is -2.25. The summed E-state index contributed by atoms with van der Waals surface area (Å²) in [4.78, 5) is 12.7. The molecule has 3 rings (SSSR count). The lowest BCUT2D eigenvalue weighted by molar-refractivity contribution is 0.0879. The van der Waals surface area contributed by atoms with Crippen molar-refractivity contribution in [1.82, 2.24) is 5.32 Å². The zero-order chi connectivity index (χ0) is 22.3. The Morgan fingerprint density at radius 2 is 1.48 bits per heavy atom. The topological polar surface area (TPSA) is 107 Å². The zero-order valence-electron chi connectivity index (χ0n) is 16.8. The monoisotopic (exact) mass is 440 g/mol. The SMILES string of the molecule is O=C(NC(CO)CO)c1cccc(N(Cc2ccccc2)S(=O)(=O)c2ccccc2)c1. The molecule has 0 aliphatic heterocycles. The fraction of sp³-hybridized carbons (Fsp3) is 0.174. The number of carbonyl (C=O) groups is 1. The Hall–Kier alpha value is -3.20. The Kier molecular flexibility index (Phi) is 7.41. The number of amides is 1. The first-order valence-corrected chi connectivity index (χ1v) is 11.1. The zero-order valence-corrected chi connectivity index (χ0v) is 17.6. The molecule has 0 aliphatic rings. The maximum atomic E-state index is 13.4. The molecule has 0 bridgehead atoms. The molecule has 3 aromatic carbocycles. The molecule has 3 aromatic rings. The summed E-state index contributed by atoms with van der Waals surface area (Å²) >= 11 is 0. The average molecular weight is 441 g/mol. The normalized spacial score (nSPS) is 11.3. The van der Waals surface area contributed by atoms with Gasteiger partial charge in [-0.05, 0) is 35.9 Å². The summed E-state index contributed by atoms with van der Waals surface area (Å²) in [7, 11) is -3.91. The van der Waals surface area contributed by atoms with Crippen molar-refractivity contribution in [1.29, 1.82) is 0 Å². The first-order valence-electron chi connectivity index (χ1n) is 9.70. The minimum atomic E-state index is -3.91. The average Bonchev–Trinajstić information content (AvgIpc) is 2.82. The van der Waals surface area contributed by atoms with Crippen LogP contribution >= 0.6 is 0 Å². The number of rotatable bonds is 9. The molecular weight excluding hydrogens is 416 g/mol. The number of nitrogens with one attached hydrogen (secondary N) is 1. The van der Waals surface area contributed by atoms with E-state index in [-0.39, 0.29) is 17.0 Å². The summed E-state index contributed by atoms with van der Waals surface area (Å²) in [6.45, 7) is -0.742. The third-order valence-electron chi connectivity index (χ3n) is 4.67. The molecule has 0 radical (unpaired) electrons. The standard InChI is InChI=1S/C23H24N2O5S/c26-16-20(17-27)24-23(28)19-10-7-11-21(14-19)25(15-18-8-3-1-4-9-18)31(29,30)22-12-5-2-6-13-22/h1-14,20,26-27H,15-17H2,(H,24,28). The summed E-state index contributed by atoms with van der Waals surface area (Å²) in [5.74, 6) is -0.522. The molecule has 31 heavy (non-hydrogen) atoms. The minimum absolute atomic E-state index is 0.0824. The lowest BCUT2D eigenvalue weighted by atomic mass is 10.1. The Morgan fingerprint density at radius 3 is 2.10 bits per heavy atom. The molecule has 0 unspecified atom stereocenters. The van der Waals surface area contributed by atoms with Crippen molar-refractivity contribution in [2.75, 3.05) is 17.5 Å². The Morgan fingerprint density at radius 1 is 0.871 bits per heavy atom. The van der Waals surface area contributed by atoms with E-state index in [0.717, 1.165) is 5.56 Å². The third-order valence-corrected chi connectivity index (χ3v) is 6.46. The molecule has 162 valence electrons. The number of aliphatic hydroxyl groups excluding tert-OH is 2. The highest BCUT2D eigenvalue weighted by atomic mass is 32.2. The number of benzene rings is 3. The van der Waals surface area contributed by atoms with E-state index >= 15 is 0 Å². The summed E-state index contributed by atoms with van der Waals surface area (Å²) < 4.78 is 28.1. The van der Waals surface area contributed by atoms with Crippen LogP contribution < -0.4 is 9.62 Å². The van der Waals surface area contributed by atoms with Gasteiger partial charge < -0.3 is 15.5 Å². The fourth-order valence-corrected chi connectivity index (χ4v) is 4.47. The molecular formula is C23H24N2O5S. The van der Waals surface area contributed by atoms with Gasteiger partial charge in [-0.1, -0.05) is 54.6 Å². The highest BCUT2D eigenvalue weighted by Crippen LogP contribution is 2.27. The molecule has 0 saturated heterocycles. The molecule has 1 amide bonds. The van der Waals surface area contributed by atoms with E-state index in [2.05, 4.69) is 5.32 Å². The van der Waals surface area contributed by atoms with Crippen LogP contribution in [0.15, 0.2) is 89.8 Å². The van der Waals surface area contributed by atoms with E-state index in [9.17, 15) is 23.4 Å². The second-order valence-corrected chi connectivity index (χ2v) is 8.76. The van der Waals surface area contributed by atoms with Gasteiger partial charge in [0, 0.05) is 5.56 Å². The number of carbonyl (C=O) groups excluding carboxylic acids is 1. The van der Waals surface area contributed by atoms with Crippen LogP contribution in [-0.2, 0) is 16.6 Å². The number of nitrogens with zero attached hydrogens (tertiary/aromatic N) is 1. The van der Waals surface area contributed by atoms with Gasteiger partial charge in [0.15, 0.2) is 0 Å². The summed E-state index contributed by atoms with van der Waals surface area (Å²) in [6, 6.07) is 22.7. The van der Waals surface area contributed by atoms with E-state index in [1.54, 1.807) is 36.4 Å². The van der Waals surface area contributed by atoms with Crippen LogP contribution in [-0.4, -0.2) is 43.8 Å². The molecule has 8 heteroatoms. The van der Waals surface area contributed by atoms with Gasteiger partial charge in [0.2, 0.25) is 0 Å². The molecule has 7 nitrogen and oxygen atoms in total. The number of sulfonamides is 1. The summed E-state index contributed by atoms with van der Waals surface area (Å²) in [5.41, 5.74) is 1.33. The van der Waals surface area contributed by atoms with Crippen LogP contribution in [0.1, 0.15) is 15.9 Å². The highest BCUT2D eigenvalue weighted by molar-refractivity contribution is 7.92. The predicted octanol–water partition coefficient (Wildman–Crippen LogP) is 2.17. The quantitative estimate of drug-likeness (QED) is 0.473. The second kappa shape index (κ2) is 10.2. The van der Waals surface area contributed by atoms with Crippen LogP contribution in [0.4, 0.5) is 5.69 Å². The largest absolute Gasteiger partial charge is 0.394 e. The van der Waals surface area contributed by atoms with E-state index in [1.807, 2.05) is 30.3 Å². The van der Waals surface area contributed by atoms with E-state index in [0.29, 0.717) is 5.69 Å². The van der Waals surface area contributed by atoms with Crippen molar-refractivity contribution >= 4 is 21.6 Å². The Balaban J connectivity index is 2.01. The number of hydrogen-bond acceptors (Lipinski definition) is 5. The van der Waals surface area contributed by atoms with Gasteiger partial charge in [-0.25, -0.2) is 8.42 Å². The van der Waals surface area contributed by atoms with E-state index in [1.165, 1.54) is 22.5 Å². The van der Waals surface area contributed by atoms with Gasteiger partial charge in [0.05, 0.1) is 36.4 Å². The highest BCUT2D eigenvalue weighted by Gasteiger charge is 2.26. The minimum Gasteiger partial charge on any atom is -0.394 e. The predicted molar refractivity (Wildman–Crippen MR) is 118 cm³/mol. The lowest BCUT2D eigenvalue weighted by Crippen LogP contribution is -2.40. The molecule has 0 saturated carbocycles. The fourth-order valence-electron chi connectivity index (χ4n) is 3.00.